The molecule has 3 aromatic rings. The molecule has 32 heavy (non-hydrogen) atoms. The quantitative estimate of drug-likeness (QED) is 0.489. The molecule has 0 aliphatic heterocycles. The van der Waals surface area contributed by atoms with E-state index < -0.39 is 15.8 Å². The van der Waals surface area contributed by atoms with Gasteiger partial charge in [0.25, 0.3) is 0 Å². The number of halogens is 1. The molecule has 166 valence electrons. The first kappa shape index (κ1) is 22.9. The van der Waals surface area contributed by atoms with Gasteiger partial charge in [-0.25, -0.2) is 22.9 Å². The van der Waals surface area contributed by atoms with Crippen LogP contribution in [-0.4, -0.2) is 25.0 Å². The minimum absolute atomic E-state index is 0.0346. The molecule has 0 saturated carbocycles. The molecule has 2 aromatic carbocycles. The molecule has 0 aliphatic carbocycles. The maximum absolute atomic E-state index is 14.3. The summed E-state index contributed by atoms with van der Waals surface area (Å²) >= 11 is 0. The second-order valence-electron chi connectivity index (χ2n) is 7.05. The lowest BCUT2D eigenvalue weighted by atomic mass is 10.1. The number of primary sulfonamides is 1. The Hall–Kier alpha value is -3.75. The van der Waals surface area contributed by atoms with Crippen molar-refractivity contribution in [1.82, 2.24) is 9.97 Å². The zero-order valence-corrected chi connectivity index (χ0v) is 18.4. The number of sulfonamides is 1. The number of ether oxygens (including phenoxy) is 1. The third kappa shape index (κ3) is 5.29. The van der Waals surface area contributed by atoms with Gasteiger partial charge in [-0.1, -0.05) is 6.07 Å². The van der Waals surface area contributed by atoms with Gasteiger partial charge in [0.15, 0.2) is 18.2 Å². The standard InChI is InChI=1S/C21H21FN6O3S/c1-12-4-5-15(10-18(12)32(24,29)30)27-21-25-11-17(22)20(28-21)26-16-8-13(2)19(14(3)9-16)31-7-6-23/h4-5,8-11H,7H2,1-3H3,(H2,24,29,30)(H2,25,26,27,28). The Kier molecular flexibility index (Phi) is 6.57. The number of nitriles is 1. The predicted molar refractivity (Wildman–Crippen MR) is 118 cm³/mol. The number of aromatic nitrogens is 2. The van der Waals surface area contributed by atoms with Crippen LogP contribution in [0.15, 0.2) is 41.4 Å². The Bertz CT molecular complexity index is 1300. The average molecular weight is 457 g/mol. The Morgan fingerprint density at radius 2 is 1.78 bits per heavy atom. The summed E-state index contributed by atoms with van der Waals surface area (Å²) < 4.78 is 43.2. The van der Waals surface area contributed by atoms with Crippen LogP contribution in [0.1, 0.15) is 16.7 Å². The molecule has 0 saturated heterocycles. The molecular weight excluding hydrogens is 435 g/mol. The molecule has 0 atom stereocenters. The third-order valence-corrected chi connectivity index (χ3v) is 5.55. The van der Waals surface area contributed by atoms with Crippen LogP contribution in [0.25, 0.3) is 0 Å². The van der Waals surface area contributed by atoms with Gasteiger partial charge in [0, 0.05) is 11.4 Å². The molecule has 0 unspecified atom stereocenters. The second kappa shape index (κ2) is 9.17. The minimum Gasteiger partial charge on any atom is -0.478 e. The van der Waals surface area contributed by atoms with Crippen LogP contribution in [-0.2, 0) is 10.0 Å². The van der Waals surface area contributed by atoms with Gasteiger partial charge in [-0.2, -0.15) is 10.2 Å². The number of nitrogens with two attached hydrogens (primary N) is 1. The fraction of sp³-hybridized carbons (Fsp3) is 0.190. The fourth-order valence-corrected chi connectivity index (χ4v) is 3.93. The average Bonchev–Trinajstić information content (AvgIpc) is 2.70. The van der Waals surface area contributed by atoms with Gasteiger partial charge >= 0.3 is 0 Å². The highest BCUT2D eigenvalue weighted by molar-refractivity contribution is 7.89. The number of nitrogens with one attached hydrogen (secondary N) is 2. The van der Waals surface area contributed by atoms with Crippen LogP contribution in [0.4, 0.5) is 27.5 Å². The zero-order valence-electron chi connectivity index (χ0n) is 17.6. The highest BCUT2D eigenvalue weighted by Crippen LogP contribution is 2.29. The Balaban J connectivity index is 1.87. The Morgan fingerprint density at radius 3 is 2.41 bits per heavy atom. The summed E-state index contributed by atoms with van der Waals surface area (Å²) in [6, 6.07) is 9.99. The van der Waals surface area contributed by atoms with Gasteiger partial charge < -0.3 is 15.4 Å². The van der Waals surface area contributed by atoms with E-state index in [2.05, 4.69) is 20.6 Å². The van der Waals surface area contributed by atoms with Crippen molar-refractivity contribution >= 4 is 33.2 Å². The number of anilines is 4. The van der Waals surface area contributed by atoms with E-state index in [1.165, 1.54) is 6.07 Å². The molecule has 3 rings (SSSR count). The monoisotopic (exact) mass is 456 g/mol. The predicted octanol–water partition coefficient (Wildman–Crippen LogP) is 3.58. The van der Waals surface area contributed by atoms with E-state index in [0.717, 1.165) is 17.3 Å². The van der Waals surface area contributed by atoms with Crippen molar-refractivity contribution in [2.45, 2.75) is 25.7 Å². The lowest BCUT2D eigenvalue weighted by molar-refractivity contribution is 0.363. The van der Waals surface area contributed by atoms with Gasteiger partial charge in [-0.3, -0.25) is 0 Å². The molecule has 1 aromatic heterocycles. The first-order valence-electron chi connectivity index (χ1n) is 9.39. The van der Waals surface area contributed by atoms with Crippen LogP contribution < -0.4 is 20.5 Å². The number of benzene rings is 2. The van der Waals surface area contributed by atoms with Crippen molar-refractivity contribution in [3.63, 3.8) is 0 Å². The topological polar surface area (TPSA) is 143 Å². The third-order valence-electron chi connectivity index (χ3n) is 4.50. The van der Waals surface area contributed by atoms with Crippen LogP contribution in [0.3, 0.4) is 0 Å². The highest BCUT2D eigenvalue weighted by atomic mass is 32.2. The summed E-state index contributed by atoms with van der Waals surface area (Å²) in [4.78, 5) is 8.02. The van der Waals surface area contributed by atoms with Crippen LogP contribution >= 0.6 is 0 Å². The van der Waals surface area contributed by atoms with E-state index in [-0.39, 0.29) is 23.3 Å². The fourth-order valence-electron chi connectivity index (χ4n) is 3.12. The molecule has 0 amide bonds. The lowest BCUT2D eigenvalue weighted by Crippen LogP contribution is -2.14. The molecule has 9 nitrogen and oxygen atoms in total. The Morgan fingerprint density at radius 1 is 1.09 bits per heavy atom. The van der Waals surface area contributed by atoms with E-state index in [0.29, 0.717) is 22.7 Å². The number of aryl methyl sites for hydroxylation is 3. The van der Waals surface area contributed by atoms with Crippen molar-refractivity contribution in [2.24, 2.45) is 5.14 Å². The van der Waals surface area contributed by atoms with Crippen molar-refractivity contribution in [3.8, 4) is 11.8 Å². The normalized spacial score (nSPS) is 11.0. The van der Waals surface area contributed by atoms with E-state index in [1.807, 2.05) is 19.9 Å². The summed E-state index contributed by atoms with van der Waals surface area (Å²) in [5, 5.41) is 19.7. The SMILES string of the molecule is Cc1ccc(Nc2ncc(F)c(Nc3cc(C)c(OCC#N)c(C)c3)n2)cc1S(N)(=O)=O. The largest absolute Gasteiger partial charge is 0.478 e. The molecule has 1 heterocycles. The molecular formula is C21H21FN6O3S. The van der Waals surface area contributed by atoms with E-state index >= 15 is 0 Å². The summed E-state index contributed by atoms with van der Waals surface area (Å²) in [5.41, 5.74) is 2.98. The molecule has 4 N–H and O–H groups in total. The summed E-state index contributed by atoms with van der Waals surface area (Å²) in [6.07, 6.45) is 0.997. The van der Waals surface area contributed by atoms with E-state index in [9.17, 15) is 12.8 Å². The van der Waals surface area contributed by atoms with Gasteiger partial charge in [0.05, 0.1) is 11.1 Å². The minimum atomic E-state index is -3.90. The first-order chi connectivity index (χ1) is 15.1. The number of rotatable bonds is 7. The first-order valence-corrected chi connectivity index (χ1v) is 10.9. The molecule has 0 spiro atoms. The summed E-state index contributed by atoms with van der Waals surface area (Å²) in [7, 11) is -3.90. The molecule has 0 aliphatic rings. The smallest absolute Gasteiger partial charge is 0.238 e. The number of hydrogen-bond acceptors (Lipinski definition) is 8. The van der Waals surface area contributed by atoms with Crippen molar-refractivity contribution in [2.75, 3.05) is 17.2 Å². The lowest BCUT2D eigenvalue weighted by Gasteiger charge is -2.14. The highest BCUT2D eigenvalue weighted by Gasteiger charge is 2.14. The van der Waals surface area contributed by atoms with Crippen LogP contribution in [0.2, 0.25) is 0 Å². The van der Waals surface area contributed by atoms with Crippen molar-refractivity contribution in [3.05, 3.63) is 59.0 Å². The van der Waals surface area contributed by atoms with Crippen molar-refractivity contribution in [1.29, 1.82) is 5.26 Å². The van der Waals surface area contributed by atoms with Gasteiger partial charge in [0.1, 0.15) is 11.8 Å². The maximum Gasteiger partial charge on any atom is 0.238 e. The van der Waals surface area contributed by atoms with E-state index in [1.54, 1.807) is 31.2 Å². The summed E-state index contributed by atoms with van der Waals surface area (Å²) in [5.74, 6) is -0.108. The van der Waals surface area contributed by atoms with Gasteiger partial charge in [-0.05, 0) is 61.7 Å². The summed E-state index contributed by atoms with van der Waals surface area (Å²) in [6.45, 7) is 5.18. The number of nitrogens with zero attached hydrogens (tertiary/aromatic N) is 3. The molecule has 0 fully saturated rings. The molecule has 0 radical (unpaired) electrons. The van der Waals surface area contributed by atoms with Gasteiger partial charge in [-0.15, -0.1) is 0 Å². The zero-order chi connectivity index (χ0) is 23.5. The van der Waals surface area contributed by atoms with Crippen LogP contribution in [0.5, 0.6) is 5.75 Å². The van der Waals surface area contributed by atoms with E-state index in [4.69, 9.17) is 15.1 Å². The van der Waals surface area contributed by atoms with Crippen LogP contribution in [0, 0.1) is 37.9 Å². The van der Waals surface area contributed by atoms with Gasteiger partial charge in [0.2, 0.25) is 16.0 Å². The second-order valence-corrected chi connectivity index (χ2v) is 8.58. The molecule has 0 bridgehead atoms. The molecule has 11 heteroatoms. The maximum atomic E-state index is 14.3. The van der Waals surface area contributed by atoms with Crippen molar-refractivity contribution < 1.29 is 17.5 Å². The Labute approximate surface area is 185 Å². The number of hydrogen-bond donors (Lipinski definition) is 3.